The summed E-state index contributed by atoms with van der Waals surface area (Å²) >= 11 is 2.28. The Balaban J connectivity index is 2.85. The molecule has 0 saturated heterocycles. The summed E-state index contributed by atoms with van der Waals surface area (Å²) in [5.74, 6) is -0.561. The van der Waals surface area contributed by atoms with Crippen molar-refractivity contribution in [1.82, 2.24) is 0 Å². The molecule has 0 aliphatic rings. The first-order valence-electron chi connectivity index (χ1n) is 5.74. The lowest BCUT2D eigenvalue weighted by Gasteiger charge is -2.08. The highest BCUT2D eigenvalue weighted by Gasteiger charge is 2.27. The smallest absolute Gasteiger partial charge is 0.390 e. The molecule has 20 heavy (non-hydrogen) atoms. The Morgan fingerprint density at radius 3 is 2.65 bits per heavy atom. The summed E-state index contributed by atoms with van der Waals surface area (Å²) in [4.78, 5) is 12.5. The molecule has 9 heteroatoms. The van der Waals surface area contributed by atoms with Gasteiger partial charge in [0.2, 0.25) is 0 Å². The van der Waals surface area contributed by atoms with Crippen molar-refractivity contribution in [2.45, 2.75) is 24.4 Å². The fourth-order valence-corrected chi connectivity index (χ4v) is 3.37. The molecule has 0 bridgehead atoms. The highest BCUT2D eigenvalue weighted by molar-refractivity contribution is 7.99. The summed E-state index contributed by atoms with van der Waals surface area (Å²) in [6, 6.07) is 0. The maximum absolute atomic E-state index is 12.1. The van der Waals surface area contributed by atoms with Crippen molar-refractivity contribution in [2.75, 3.05) is 30.5 Å². The summed E-state index contributed by atoms with van der Waals surface area (Å²) in [7, 11) is 0. The fraction of sp³-hybridized carbons (Fsp3) is 0.545. The van der Waals surface area contributed by atoms with Crippen molar-refractivity contribution < 1.29 is 22.7 Å². The lowest BCUT2D eigenvalue weighted by atomic mass is 10.4. The average Bonchev–Trinajstić information content (AvgIpc) is 2.64. The fourth-order valence-electron chi connectivity index (χ4n) is 1.41. The van der Waals surface area contributed by atoms with E-state index in [1.54, 1.807) is 13.2 Å². The number of hydrogen-bond donors (Lipinski definition) is 2. The molecule has 3 N–H and O–H groups in total. The molecule has 0 fully saturated rings. The van der Waals surface area contributed by atoms with Crippen LogP contribution < -0.4 is 11.1 Å². The van der Waals surface area contributed by atoms with Gasteiger partial charge in [0.1, 0.15) is 9.88 Å². The quantitative estimate of drug-likeness (QED) is 0.617. The number of carbonyl (C=O) groups is 1. The molecule has 1 heterocycles. The Morgan fingerprint density at radius 1 is 1.50 bits per heavy atom. The van der Waals surface area contributed by atoms with Gasteiger partial charge in [0.15, 0.2) is 0 Å². The number of hydrogen-bond acceptors (Lipinski definition) is 6. The first-order valence-corrected chi connectivity index (χ1v) is 7.78. The maximum atomic E-state index is 12.1. The van der Waals surface area contributed by atoms with E-state index in [2.05, 4.69) is 5.32 Å². The molecule has 0 aromatic carbocycles. The van der Waals surface area contributed by atoms with Crippen LogP contribution in [0.1, 0.15) is 23.0 Å². The van der Waals surface area contributed by atoms with Gasteiger partial charge in [-0.15, -0.1) is 23.1 Å². The lowest BCUT2D eigenvalue weighted by molar-refractivity contribution is -0.131. The monoisotopic (exact) mass is 328 g/mol. The largest absolute Gasteiger partial charge is 0.462 e. The van der Waals surface area contributed by atoms with Crippen LogP contribution in [0.25, 0.3) is 0 Å². The van der Waals surface area contributed by atoms with Gasteiger partial charge in [-0.25, -0.2) is 4.79 Å². The lowest BCUT2D eigenvalue weighted by Crippen LogP contribution is -2.14. The van der Waals surface area contributed by atoms with Crippen molar-refractivity contribution in [3.8, 4) is 0 Å². The van der Waals surface area contributed by atoms with Crippen LogP contribution >= 0.6 is 23.1 Å². The standard InChI is InChI=1S/C11H15F3N2O2S2/c1-3-18-10(17)8-6(15)7(19-2)9(20-8)16-5-4-11(12,13)14/h16H,3-5,15H2,1-2H3. The highest BCUT2D eigenvalue weighted by atomic mass is 32.2. The Morgan fingerprint density at radius 2 is 2.15 bits per heavy atom. The van der Waals surface area contributed by atoms with Gasteiger partial charge >= 0.3 is 12.1 Å². The minimum atomic E-state index is -4.22. The highest BCUT2D eigenvalue weighted by Crippen LogP contribution is 2.42. The summed E-state index contributed by atoms with van der Waals surface area (Å²) in [6.07, 6.45) is -3.44. The molecule has 1 aromatic heterocycles. The number of alkyl halides is 3. The van der Waals surface area contributed by atoms with Crippen LogP contribution in [-0.4, -0.2) is 31.6 Å². The summed E-state index contributed by atoms with van der Waals surface area (Å²) in [6.45, 7) is 1.61. The molecule has 4 nitrogen and oxygen atoms in total. The van der Waals surface area contributed by atoms with Crippen molar-refractivity contribution in [3.05, 3.63) is 4.88 Å². The van der Waals surface area contributed by atoms with Crippen LogP contribution in [-0.2, 0) is 4.74 Å². The van der Waals surface area contributed by atoms with E-state index in [9.17, 15) is 18.0 Å². The first-order chi connectivity index (χ1) is 9.30. The molecular formula is C11H15F3N2O2S2. The summed E-state index contributed by atoms with van der Waals surface area (Å²) in [5, 5.41) is 3.13. The molecular weight excluding hydrogens is 313 g/mol. The van der Waals surface area contributed by atoms with Gasteiger partial charge in [0, 0.05) is 6.54 Å². The van der Waals surface area contributed by atoms with E-state index < -0.39 is 18.6 Å². The zero-order valence-corrected chi connectivity index (χ0v) is 12.6. The van der Waals surface area contributed by atoms with Gasteiger partial charge in [-0.2, -0.15) is 13.2 Å². The number of thioether (sulfide) groups is 1. The topological polar surface area (TPSA) is 64.3 Å². The molecule has 0 spiro atoms. The van der Waals surface area contributed by atoms with E-state index in [1.807, 2.05) is 0 Å². The number of halogens is 3. The normalized spacial score (nSPS) is 11.4. The van der Waals surface area contributed by atoms with Gasteiger partial charge in [-0.1, -0.05) is 0 Å². The number of ether oxygens (including phenoxy) is 1. The molecule has 0 saturated carbocycles. The van der Waals surface area contributed by atoms with Crippen LogP contribution in [0.4, 0.5) is 23.9 Å². The van der Waals surface area contributed by atoms with Gasteiger partial charge in [-0.05, 0) is 13.2 Å². The number of anilines is 2. The molecule has 0 unspecified atom stereocenters. The molecule has 0 aliphatic heterocycles. The number of rotatable bonds is 6. The Bertz CT molecular complexity index is 475. The molecule has 1 rings (SSSR count). The average molecular weight is 328 g/mol. The molecule has 0 amide bonds. The van der Waals surface area contributed by atoms with E-state index in [-0.39, 0.29) is 23.7 Å². The number of esters is 1. The third-order valence-corrected chi connectivity index (χ3v) is 4.36. The molecule has 0 aliphatic carbocycles. The number of nitrogen functional groups attached to an aromatic ring is 1. The SMILES string of the molecule is CCOC(=O)c1sc(NCCC(F)(F)F)c(SC)c1N. The minimum absolute atomic E-state index is 0.210. The summed E-state index contributed by atoms with van der Waals surface area (Å²) in [5.41, 5.74) is 6.08. The van der Waals surface area contributed by atoms with E-state index in [4.69, 9.17) is 10.5 Å². The zero-order valence-electron chi connectivity index (χ0n) is 11.0. The van der Waals surface area contributed by atoms with Crippen molar-refractivity contribution in [3.63, 3.8) is 0 Å². The predicted molar refractivity (Wildman–Crippen MR) is 75.6 cm³/mol. The van der Waals surface area contributed by atoms with Crippen LogP contribution in [0.15, 0.2) is 4.90 Å². The Hall–Kier alpha value is -1.09. The van der Waals surface area contributed by atoms with E-state index >= 15 is 0 Å². The van der Waals surface area contributed by atoms with Gasteiger partial charge in [0.25, 0.3) is 0 Å². The zero-order chi connectivity index (χ0) is 15.3. The Labute approximate surface area is 122 Å². The van der Waals surface area contributed by atoms with Gasteiger partial charge < -0.3 is 15.8 Å². The van der Waals surface area contributed by atoms with E-state index in [1.165, 1.54) is 11.8 Å². The molecule has 0 atom stereocenters. The first kappa shape index (κ1) is 17.0. The van der Waals surface area contributed by atoms with Crippen molar-refractivity contribution in [1.29, 1.82) is 0 Å². The second kappa shape index (κ2) is 7.07. The van der Waals surface area contributed by atoms with Crippen LogP contribution in [0.2, 0.25) is 0 Å². The Kier molecular flexibility index (Phi) is 6.00. The van der Waals surface area contributed by atoms with Crippen LogP contribution in [0, 0.1) is 0 Å². The number of nitrogens with one attached hydrogen (secondary N) is 1. The van der Waals surface area contributed by atoms with E-state index in [0.717, 1.165) is 11.3 Å². The number of carbonyl (C=O) groups excluding carboxylic acids is 1. The molecule has 0 radical (unpaired) electrons. The van der Waals surface area contributed by atoms with Crippen molar-refractivity contribution in [2.24, 2.45) is 0 Å². The second-order valence-corrected chi connectivity index (χ2v) is 5.56. The maximum Gasteiger partial charge on any atom is 0.390 e. The molecule has 1 aromatic rings. The van der Waals surface area contributed by atoms with Crippen LogP contribution in [0.3, 0.4) is 0 Å². The van der Waals surface area contributed by atoms with Gasteiger partial charge in [-0.3, -0.25) is 0 Å². The second-order valence-electron chi connectivity index (χ2n) is 3.72. The van der Waals surface area contributed by atoms with Crippen molar-refractivity contribution >= 4 is 39.8 Å². The van der Waals surface area contributed by atoms with Crippen LogP contribution in [0.5, 0.6) is 0 Å². The predicted octanol–water partition coefficient (Wildman–Crippen LogP) is 3.59. The number of nitrogens with two attached hydrogens (primary N) is 1. The number of thiophene rings is 1. The van der Waals surface area contributed by atoms with Gasteiger partial charge in [0.05, 0.1) is 23.6 Å². The molecule has 114 valence electrons. The minimum Gasteiger partial charge on any atom is -0.462 e. The van der Waals surface area contributed by atoms with E-state index in [0.29, 0.717) is 9.90 Å². The summed E-state index contributed by atoms with van der Waals surface area (Å²) < 4.78 is 41.2. The third-order valence-electron chi connectivity index (χ3n) is 2.26. The third kappa shape index (κ3) is 4.48.